The van der Waals surface area contributed by atoms with Crippen molar-refractivity contribution in [3.05, 3.63) is 53.8 Å². The summed E-state index contributed by atoms with van der Waals surface area (Å²) in [4.78, 5) is 13.8. The van der Waals surface area contributed by atoms with Gasteiger partial charge in [0, 0.05) is 36.2 Å². The van der Waals surface area contributed by atoms with Crippen molar-refractivity contribution in [1.29, 1.82) is 0 Å². The molecule has 0 saturated heterocycles. The van der Waals surface area contributed by atoms with Gasteiger partial charge in [-0.05, 0) is 29.3 Å². The largest absolute Gasteiger partial charge is 0.337 e. The van der Waals surface area contributed by atoms with Crippen LogP contribution in [0.15, 0.2) is 52.9 Å². The highest BCUT2D eigenvalue weighted by molar-refractivity contribution is 7.99. The second kappa shape index (κ2) is 5.05. The number of fused-ring (bicyclic) bond motifs is 2. The van der Waals surface area contributed by atoms with Crippen LogP contribution in [0, 0.1) is 0 Å². The first-order chi connectivity index (χ1) is 10.3. The van der Waals surface area contributed by atoms with Gasteiger partial charge in [-0.15, -0.1) is 0 Å². The predicted octanol–water partition coefficient (Wildman–Crippen LogP) is 3.58. The summed E-state index contributed by atoms with van der Waals surface area (Å²) in [5, 5.41) is 4.71. The van der Waals surface area contributed by atoms with Crippen LogP contribution < -0.4 is 5.32 Å². The summed E-state index contributed by atoms with van der Waals surface area (Å²) in [6.45, 7) is 0.686. The summed E-state index contributed by atoms with van der Waals surface area (Å²) in [7, 11) is 0. The Bertz CT molecular complexity index is 817. The van der Waals surface area contributed by atoms with Crippen LogP contribution >= 0.6 is 23.4 Å². The van der Waals surface area contributed by atoms with Crippen LogP contribution in [0.5, 0.6) is 0 Å². The Morgan fingerprint density at radius 1 is 1.14 bits per heavy atom. The third kappa shape index (κ3) is 2.36. The molecule has 7 heteroatoms. The molecular weight excluding hydrogens is 306 g/mol. The van der Waals surface area contributed by atoms with E-state index in [1.807, 2.05) is 10.8 Å². The Hall–Kier alpha value is -2.05. The van der Waals surface area contributed by atoms with Crippen LogP contribution in [0.2, 0.25) is 5.28 Å². The molecule has 3 aromatic rings. The van der Waals surface area contributed by atoms with E-state index in [1.54, 1.807) is 30.4 Å². The van der Waals surface area contributed by atoms with Gasteiger partial charge >= 0.3 is 0 Å². The number of nitrogens with one attached hydrogen (secondary N) is 1. The minimum atomic E-state index is 0.492. The van der Waals surface area contributed by atoms with E-state index in [4.69, 9.17) is 11.6 Å². The van der Waals surface area contributed by atoms with Crippen molar-refractivity contribution in [3.63, 3.8) is 0 Å². The zero-order valence-corrected chi connectivity index (χ0v) is 12.4. The predicted molar refractivity (Wildman–Crippen MR) is 82.2 cm³/mol. The van der Waals surface area contributed by atoms with Crippen LogP contribution in [0.25, 0.3) is 0 Å². The van der Waals surface area contributed by atoms with Gasteiger partial charge in [-0.1, -0.05) is 17.8 Å². The number of nitrogens with zero attached hydrogens (tertiary/aromatic N) is 4. The van der Waals surface area contributed by atoms with E-state index < -0.39 is 0 Å². The lowest BCUT2D eigenvalue weighted by Crippen LogP contribution is -2.05. The molecule has 0 amide bonds. The molecule has 21 heavy (non-hydrogen) atoms. The molecule has 0 aliphatic carbocycles. The van der Waals surface area contributed by atoms with Gasteiger partial charge < -0.3 is 9.88 Å². The summed E-state index contributed by atoms with van der Waals surface area (Å²) >= 11 is 7.63. The van der Waals surface area contributed by atoms with Crippen LogP contribution in [0.4, 0.5) is 11.5 Å². The summed E-state index contributed by atoms with van der Waals surface area (Å²) in [6, 6.07) is 6.28. The Kier molecular flexibility index (Phi) is 3.05. The van der Waals surface area contributed by atoms with Gasteiger partial charge in [-0.2, -0.15) is 0 Å². The highest BCUT2D eigenvalue weighted by atomic mass is 35.5. The molecule has 0 bridgehead atoms. The molecule has 1 aliphatic rings. The summed E-state index contributed by atoms with van der Waals surface area (Å²) in [6.07, 6.45) is 6.95. The minimum absolute atomic E-state index is 0.492. The van der Waals surface area contributed by atoms with Crippen molar-refractivity contribution in [2.45, 2.75) is 16.5 Å². The second-order valence-corrected chi connectivity index (χ2v) is 5.96. The number of halogens is 1. The van der Waals surface area contributed by atoms with Gasteiger partial charge in [0.05, 0.1) is 5.69 Å². The number of benzene rings is 1. The lowest BCUT2D eigenvalue weighted by molar-refractivity contribution is 0.798. The maximum atomic E-state index is 6.01. The first-order valence-corrected chi connectivity index (χ1v) is 7.54. The minimum Gasteiger partial charge on any atom is -0.337 e. The first-order valence-electron chi connectivity index (χ1n) is 6.35. The van der Waals surface area contributed by atoms with Gasteiger partial charge in [-0.3, -0.25) is 0 Å². The monoisotopic (exact) mass is 315 g/mol. The lowest BCUT2D eigenvalue weighted by Gasteiger charge is -2.19. The van der Waals surface area contributed by atoms with E-state index >= 15 is 0 Å². The van der Waals surface area contributed by atoms with Crippen LogP contribution in [-0.4, -0.2) is 19.5 Å². The number of hydrogen-bond donors (Lipinski definition) is 1. The number of aromatic nitrogens is 4. The zero-order chi connectivity index (χ0) is 14.2. The van der Waals surface area contributed by atoms with Crippen molar-refractivity contribution >= 4 is 34.9 Å². The van der Waals surface area contributed by atoms with Crippen molar-refractivity contribution in [3.8, 4) is 0 Å². The molecule has 4 rings (SSSR count). The van der Waals surface area contributed by atoms with Crippen molar-refractivity contribution in [2.75, 3.05) is 5.32 Å². The number of hydrogen-bond acceptors (Lipinski definition) is 5. The van der Waals surface area contributed by atoms with Gasteiger partial charge in [-0.25, -0.2) is 15.0 Å². The molecule has 5 nitrogen and oxygen atoms in total. The van der Waals surface area contributed by atoms with Crippen LogP contribution in [-0.2, 0) is 6.54 Å². The third-order valence-electron chi connectivity index (χ3n) is 3.19. The Balaban J connectivity index is 1.65. The van der Waals surface area contributed by atoms with Crippen molar-refractivity contribution < 1.29 is 0 Å². The van der Waals surface area contributed by atoms with E-state index in [1.165, 1.54) is 0 Å². The smallest absolute Gasteiger partial charge is 0.202 e. The Morgan fingerprint density at radius 3 is 2.90 bits per heavy atom. The number of rotatable bonds is 2. The molecule has 0 atom stereocenters. The fourth-order valence-electron chi connectivity index (χ4n) is 2.21. The third-order valence-corrected chi connectivity index (χ3v) is 4.57. The maximum absolute atomic E-state index is 6.01. The molecule has 1 N–H and O–H groups in total. The van der Waals surface area contributed by atoms with Crippen molar-refractivity contribution in [1.82, 2.24) is 19.5 Å². The average Bonchev–Trinajstić information content (AvgIpc) is 2.90. The van der Waals surface area contributed by atoms with Gasteiger partial charge in [0.15, 0.2) is 5.82 Å². The molecule has 3 heterocycles. The molecule has 0 radical (unpaired) electrons. The van der Waals surface area contributed by atoms with E-state index in [2.05, 4.69) is 38.5 Å². The first kappa shape index (κ1) is 12.7. The molecule has 0 fully saturated rings. The summed E-state index contributed by atoms with van der Waals surface area (Å²) < 4.78 is 1.90. The van der Waals surface area contributed by atoms with Crippen molar-refractivity contribution in [2.24, 2.45) is 0 Å². The molecule has 0 unspecified atom stereocenters. The van der Waals surface area contributed by atoms with Gasteiger partial charge in [0.2, 0.25) is 5.28 Å². The van der Waals surface area contributed by atoms with E-state index in [0.717, 1.165) is 27.0 Å². The molecular formula is C14H10ClN5S. The normalized spacial score (nSPS) is 12.4. The number of imidazole rings is 1. The van der Waals surface area contributed by atoms with Gasteiger partial charge in [0.1, 0.15) is 5.03 Å². The topological polar surface area (TPSA) is 55.6 Å². The van der Waals surface area contributed by atoms with Gasteiger partial charge in [0.25, 0.3) is 0 Å². The highest BCUT2D eigenvalue weighted by Crippen LogP contribution is 2.42. The highest BCUT2D eigenvalue weighted by Gasteiger charge is 2.17. The average molecular weight is 316 g/mol. The quantitative estimate of drug-likeness (QED) is 0.612. The second-order valence-electron chi connectivity index (χ2n) is 4.59. The molecule has 104 valence electrons. The standard InChI is InChI=1S/C14H10ClN5S/c15-14-18-5-6-20(14)8-9-1-2-11-10(7-9)19-12-13(21-11)17-4-3-16-12/h1-7H,8H2,(H,16,19). The Labute approximate surface area is 130 Å². The lowest BCUT2D eigenvalue weighted by atomic mass is 10.2. The SMILES string of the molecule is Clc1nccn1Cc1ccc2c(c1)Nc1nccnc1S2. The zero-order valence-electron chi connectivity index (χ0n) is 10.8. The molecule has 1 aromatic carbocycles. The fourth-order valence-corrected chi connectivity index (χ4v) is 3.26. The molecule has 1 aliphatic heterocycles. The fraction of sp³-hybridized carbons (Fsp3) is 0.0714. The number of anilines is 2. The van der Waals surface area contributed by atoms with Crippen LogP contribution in [0.1, 0.15) is 5.56 Å². The molecule has 2 aromatic heterocycles. The summed E-state index contributed by atoms with van der Waals surface area (Å²) in [5.41, 5.74) is 2.19. The van der Waals surface area contributed by atoms with E-state index in [0.29, 0.717) is 11.8 Å². The van der Waals surface area contributed by atoms with E-state index in [9.17, 15) is 0 Å². The van der Waals surface area contributed by atoms with E-state index in [-0.39, 0.29) is 0 Å². The summed E-state index contributed by atoms with van der Waals surface area (Å²) in [5.74, 6) is 0.799. The Morgan fingerprint density at radius 2 is 2.05 bits per heavy atom. The maximum Gasteiger partial charge on any atom is 0.202 e. The molecule has 0 saturated carbocycles. The van der Waals surface area contributed by atoms with Crippen LogP contribution in [0.3, 0.4) is 0 Å². The molecule has 0 spiro atoms.